The molecule has 0 radical (unpaired) electrons. The minimum Gasteiger partial charge on any atom is -0.364 e. The lowest BCUT2D eigenvalue weighted by atomic mass is 10.2. The smallest absolute Gasteiger partial charge is 0.364 e. The molecule has 0 aliphatic carbocycles. The SMILES string of the molecule is O=C(c1ccccc1)N1CCC(Nc2ccc(C(F)(F)F)nn2)C1. The van der Waals surface area contributed by atoms with Crippen molar-refractivity contribution in [1.29, 1.82) is 0 Å². The number of aromatic nitrogens is 2. The first kappa shape index (κ1) is 16.2. The summed E-state index contributed by atoms with van der Waals surface area (Å²) in [7, 11) is 0. The van der Waals surface area contributed by atoms with E-state index in [0.717, 1.165) is 6.07 Å². The Balaban J connectivity index is 1.59. The highest BCUT2D eigenvalue weighted by Crippen LogP contribution is 2.27. The third-order valence-electron chi connectivity index (χ3n) is 3.80. The first-order chi connectivity index (χ1) is 11.4. The van der Waals surface area contributed by atoms with Gasteiger partial charge in [0.05, 0.1) is 0 Å². The van der Waals surface area contributed by atoms with Gasteiger partial charge >= 0.3 is 6.18 Å². The molecule has 1 aromatic carbocycles. The minimum atomic E-state index is -4.50. The van der Waals surface area contributed by atoms with E-state index >= 15 is 0 Å². The number of carbonyl (C=O) groups excluding carboxylic acids is 1. The number of halogens is 3. The van der Waals surface area contributed by atoms with Gasteiger partial charge in [0, 0.05) is 24.7 Å². The van der Waals surface area contributed by atoms with Crippen LogP contribution in [0.2, 0.25) is 0 Å². The molecule has 1 saturated heterocycles. The second kappa shape index (κ2) is 6.46. The Morgan fingerprint density at radius 3 is 2.50 bits per heavy atom. The van der Waals surface area contributed by atoms with Crippen LogP contribution in [0.15, 0.2) is 42.5 Å². The maximum atomic E-state index is 12.5. The number of anilines is 1. The lowest BCUT2D eigenvalue weighted by Crippen LogP contribution is -2.31. The molecule has 0 saturated carbocycles. The summed E-state index contributed by atoms with van der Waals surface area (Å²) in [4.78, 5) is 14.1. The fourth-order valence-corrected chi connectivity index (χ4v) is 2.60. The van der Waals surface area contributed by atoms with Crippen molar-refractivity contribution in [2.24, 2.45) is 0 Å². The number of amides is 1. The van der Waals surface area contributed by atoms with Gasteiger partial charge in [-0.2, -0.15) is 13.2 Å². The molecule has 1 fully saturated rings. The number of alkyl halides is 3. The van der Waals surface area contributed by atoms with Gasteiger partial charge in [0.25, 0.3) is 5.91 Å². The third kappa shape index (κ3) is 3.64. The number of nitrogens with zero attached hydrogens (tertiary/aromatic N) is 3. The largest absolute Gasteiger partial charge is 0.435 e. The lowest BCUT2D eigenvalue weighted by Gasteiger charge is -2.17. The van der Waals surface area contributed by atoms with Crippen LogP contribution in [0.25, 0.3) is 0 Å². The van der Waals surface area contributed by atoms with Gasteiger partial charge in [-0.25, -0.2) is 0 Å². The molecule has 1 N–H and O–H groups in total. The van der Waals surface area contributed by atoms with E-state index in [1.807, 2.05) is 6.07 Å². The summed E-state index contributed by atoms with van der Waals surface area (Å²) in [6, 6.07) is 11.0. The molecule has 1 aliphatic heterocycles. The van der Waals surface area contributed by atoms with Gasteiger partial charge in [-0.15, -0.1) is 10.2 Å². The van der Waals surface area contributed by atoms with Gasteiger partial charge in [-0.3, -0.25) is 4.79 Å². The Morgan fingerprint density at radius 1 is 1.12 bits per heavy atom. The molecule has 1 amide bonds. The Bertz CT molecular complexity index is 704. The first-order valence-corrected chi connectivity index (χ1v) is 7.45. The Hall–Kier alpha value is -2.64. The zero-order valence-electron chi connectivity index (χ0n) is 12.6. The molecule has 126 valence electrons. The zero-order valence-corrected chi connectivity index (χ0v) is 12.6. The standard InChI is InChI=1S/C16H15F3N4O/c17-16(18,19)13-6-7-14(22-21-13)20-12-8-9-23(10-12)15(24)11-4-2-1-3-5-11/h1-7,12H,8-10H2,(H,20,22). The summed E-state index contributed by atoms with van der Waals surface area (Å²) < 4.78 is 37.4. The number of carbonyl (C=O) groups is 1. The number of rotatable bonds is 3. The monoisotopic (exact) mass is 336 g/mol. The molecule has 1 aliphatic rings. The molecule has 1 aromatic heterocycles. The Kier molecular flexibility index (Phi) is 4.37. The summed E-state index contributed by atoms with van der Waals surface area (Å²) in [6.07, 6.45) is -3.81. The Labute approximate surface area is 136 Å². The zero-order chi connectivity index (χ0) is 17.2. The maximum absolute atomic E-state index is 12.5. The molecule has 0 spiro atoms. The van der Waals surface area contributed by atoms with Gasteiger partial charge < -0.3 is 10.2 Å². The molecule has 0 bridgehead atoms. The van der Waals surface area contributed by atoms with Crippen molar-refractivity contribution in [3.8, 4) is 0 Å². The molecule has 3 rings (SSSR count). The molecule has 1 unspecified atom stereocenters. The second-order valence-electron chi connectivity index (χ2n) is 5.55. The van der Waals surface area contributed by atoms with Crippen LogP contribution < -0.4 is 5.32 Å². The predicted octanol–water partition coefficient (Wildman–Crippen LogP) is 2.82. The van der Waals surface area contributed by atoms with Crippen molar-refractivity contribution in [2.45, 2.75) is 18.6 Å². The van der Waals surface area contributed by atoms with Crippen LogP contribution in [-0.2, 0) is 6.18 Å². The van der Waals surface area contributed by atoms with Gasteiger partial charge in [0.1, 0.15) is 5.82 Å². The fraction of sp³-hybridized carbons (Fsp3) is 0.312. The van der Waals surface area contributed by atoms with E-state index in [1.165, 1.54) is 6.07 Å². The highest BCUT2D eigenvalue weighted by atomic mass is 19.4. The average Bonchev–Trinajstić information content (AvgIpc) is 3.03. The normalized spacial score (nSPS) is 17.8. The van der Waals surface area contributed by atoms with E-state index in [0.29, 0.717) is 25.1 Å². The van der Waals surface area contributed by atoms with Crippen LogP contribution in [-0.4, -0.2) is 40.1 Å². The molecule has 8 heteroatoms. The number of benzene rings is 1. The highest BCUT2D eigenvalue weighted by molar-refractivity contribution is 5.94. The predicted molar refractivity (Wildman–Crippen MR) is 81.4 cm³/mol. The molecular formula is C16H15F3N4O. The fourth-order valence-electron chi connectivity index (χ4n) is 2.60. The van der Waals surface area contributed by atoms with E-state index in [-0.39, 0.29) is 17.8 Å². The highest BCUT2D eigenvalue weighted by Gasteiger charge is 2.33. The summed E-state index contributed by atoms with van der Waals surface area (Å²) in [5.74, 6) is 0.209. The lowest BCUT2D eigenvalue weighted by molar-refractivity contribution is -0.141. The number of nitrogens with one attached hydrogen (secondary N) is 1. The van der Waals surface area contributed by atoms with Crippen molar-refractivity contribution < 1.29 is 18.0 Å². The van der Waals surface area contributed by atoms with E-state index in [4.69, 9.17) is 0 Å². The van der Waals surface area contributed by atoms with Crippen molar-refractivity contribution in [1.82, 2.24) is 15.1 Å². The van der Waals surface area contributed by atoms with Crippen LogP contribution in [0.3, 0.4) is 0 Å². The summed E-state index contributed by atoms with van der Waals surface area (Å²) in [5, 5.41) is 9.75. The quantitative estimate of drug-likeness (QED) is 0.936. The van der Waals surface area contributed by atoms with E-state index in [9.17, 15) is 18.0 Å². The van der Waals surface area contributed by atoms with Crippen LogP contribution in [0.4, 0.5) is 19.0 Å². The summed E-state index contributed by atoms with van der Waals surface area (Å²) >= 11 is 0. The number of likely N-dealkylation sites (tertiary alicyclic amines) is 1. The molecular weight excluding hydrogens is 321 g/mol. The molecule has 5 nitrogen and oxygen atoms in total. The first-order valence-electron chi connectivity index (χ1n) is 7.45. The van der Waals surface area contributed by atoms with Crippen molar-refractivity contribution in [3.05, 3.63) is 53.7 Å². The molecule has 24 heavy (non-hydrogen) atoms. The van der Waals surface area contributed by atoms with Crippen LogP contribution in [0, 0.1) is 0 Å². The van der Waals surface area contributed by atoms with E-state index in [2.05, 4.69) is 15.5 Å². The topological polar surface area (TPSA) is 58.1 Å². The molecule has 2 aromatic rings. The van der Waals surface area contributed by atoms with Crippen molar-refractivity contribution in [3.63, 3.8) is 0 Å². The van der Waals surface area contributed by atoms with Gasteiger partial charge in [0.2, 0.25) is 0 Å². The van der Waals surface area contributed by atoms with Gasteiger partial charge in [-0.05, 0) is 30.7 Å². The Morgan fingerprint density at radius 2 is 1.88 bits per heavy atom. The van der Waals surface area contributed by atoms with Crippen LogP contribution >= 0.6 is 0 Å². The van der Waals surface area contributed by atoms with Crippen LogP contribution in [0.5, 0.6) is 0 Å². The number of hydrogen-bond acceptors (Lipinski definition) is 4. The molecule has 2 heterocycles. The molecule has 1 atom stereocenters. The van der Waals surface area contributed by atoms with Gasteiger partial charge in [-0.1, -0.05) is 18.2 Å². The van der Waals surface area contributed by atoms with Crippen molar-refractivity contribution in [2.75, 3.05) is 18.4 Å². The minimum absolute atomic E-state index is 0.0570. The van der Waals surface area contributed by atoms with Gasteiger partial charge in [0.15, 0.2) is 5.69 Å². The summed E-state index contributed by atoms with van der Waals surface area (Å²) in [5.41, 5.74) is -0.409. The second-order valence-corrected chi connectivity index (χ2v) is 5.55. The maximum Gasteiger partial charge on any atom is 0.435 e. The van der Waals surface area contributed by atoms with Crippen molar-refractivity contribution >= 4 is 11.7 Å². The number of hydrogen-bond donors (Lipinski definition) is 1. The van der Waals surface area contributed by atoms with E-state index < -0.39 is 11.9 Å². The average molecular weight is 336 g/mol. The summed E-state index contributed by atoms with van der Waals surface area (Å²) in [6.45, 7) is 1.05. The van der Waals surface area contributed by atoms with Crippen LogP contribution in [0.1, 0.15) is 22.5 Å². The van der Waals surface area contributed by atoms with E-state index in [1.54, 1.807) is 29.2 Å². The third-order valence-corrected chi connectivity index (χ3v) is 3.80.